The Morgan fingerprint density at radius 2 is 2.13 bits per heavy atom. The van der Waals surface area contributed by atoms with E-state index in [2.05, 4.69) is 32.7 Å². The van der Waals surface area contributed by atoms with Crippen molar-refractivity contribution in [1.29, 1.82) is 0 Å². The highest BCUT2D eigenvalue weighted by atomic mass is 32.1. The molecule has 0 radical (unpaired) electrons. The molecule has 3 aromatic rings. The van der Waals surface area contributed by atoms with Crippen molar-refractivity contribution in [1.82, 2.24) is 24.7 Å². The molecule has 0 N–H and O–H groups in total. The van der Waals surface area contributed by atoms with E-state index in [-0.39, 0.29) is 6.10 Å². The van der Waals surface area contributed by atoms with Gasteiger partial charge in [-0.25, -0.2) is 0 Å². The van der Waals surface area contributed by atoms with E-state index in [1.165, 1.54) is 4.88 Å². The second-order valence-corrected chi connectivity index (χ2v) is 9.62. The first kappa shape index (κ1) is 20.6. The molecule has 2 aliphatic rings. The van der Waals surface area contributed by atoms with E-state index in [1.54, 1.807) is 11.3 Å². The van der Waals surface area contributed by atoms with Crippen LogP contribution in [0.1, 0.15) is 43.7 Å². The lowest BCUT2D eigenvalue weighted by molar-refractivity contribution is -0.141. The first-order valence-electron chi connectivity index (χ1n) is 10.8. The van der Waals surface area contributed by atoms with Gasteiger partial charge in [0.05, 0.1) is 18.5 Å². The van der Waals surface area contributed by atoms with E-state index in [0.717, 1.165) is 53.6 Å². The summed E-state index contributed by atoms with van der Waals surface area (Å²) in [5.41, 5.74) is 0. The molecule has 1 saturated heterocycles. The van der Waals surface area contributed by atoms with Crippen LogP contribution in [0.25, 0.3) is 10.2 Å². The molecule has 10 heteroatoms. The standard InChI is InChI=1S/C21H28N6O3S/c1-5-6-15-9-16-18(26-7-8-27-13(2)24-25-17(27)10-26)22-20(23-19(16)31-15)28-11-14-12-29-21(3,4)30-14/h9,14H,5-8,10-12H2,1-4H3. The minimum absolute atomic E-state index is 0.131. The van der Waals surface area contributed by atoms with E-state index in [0.29, 0.717) is 25.8 Å². The van der Waals surface area contributed by atoms with Crippen molar-refractivity contribution in [2.75, 3.05) is 24.7 Å². The van der Waals surface area contributed by atoms with Crippen molar-refractivity contribution in [3.63, 3.8) is 0 Å². The fraction of sp³-hybridized carbons (Fsp3) is 0.619. The Morgan fingerprint density at radius 3 is 2.90 bits per heavy atom. The van der Waals surface area contributed by atoms with Crippen LogP contribution in [-0.4, -0.2) is 56.4 Å². The number of anilines is 1. The van der Waals surface area contributed by atoms with E-state index in [1.807, 2.05) is 20.8 Å². The van der Waals surface area contributed by atoms with Gasteiger partial charge >= 0.3 is 6.01 Å². The zero-order valence-corrected chi connectivity index (χ0v) is 19.2. The van der Waals surface area contributed by atoms with Gasteiger partial charge in [-0.2, -0.15) is 9.97 Å². The Labute approximate surface area is 185 Å². The summed E-state index contributed by atoms with van der Waals surface area (Å²) in [4.78, 5) is 14.0. The summed E-state index contributed by atoms with van der Waals surface area (Å²) >= 11 is 1.71. The van der Waals surface area contributed by atoms with Crippen LogP contribution in [0.5, 0.6) is 6.01 Å². The molecule has 1 unspecified atom stereocenters. The molecular formula is C21H28N6O3S. The van der Waals surface area contributed by atoms with Crippen LogP contribution < -0.4 is 9.64 Å². The molecule has 2 aliphatic heterocycles. The minimum Gasteiger partial charge on any atom is -0.461 e. The van der Waals surface area contributed by atoms with Crippen LogP contribution >= 0.6 is 11.3 Å². The van der Waals surface area contributed by atoms with E-state index in [9.17, 15) is 0 Å². The fourth-order valence-corrected chi connectivity index (χ4v) is 5.22. The third-order valence-electron chi connectivity index (χ3n) is 5.60. The molecule has 5 heterocycles. The van der Waals surface area contributed by atoms with Crippen molar-refractivity contribution in [3.8, 4) is 6.01 Å². The fourth-order valence-electron chi connectivity index (χ4n) is 4.11. The Bertz CT molecular complexity index is 1090. The number of thiophene rings is 1. The van der Waals surface area contributed by atoms with Crippen LogP contribution in [0, 0.1) is 6.92 Å². The van der Waals surface area contributed by atoms with Crippen LogP contribution in [-0.2, 0) is 29.0 Å². The summed E-state index contributed by atoms with van der Waals surface area (Å²) in [5, 5.41) is 9.64. The molecule has 1 fully saturated rings. The third-order valence-corrected chi connectivity index (χ3v) is 6.69. The second-order valence-electron chi connectivity index (χ2n) is 8.51. The minimum atomic E-state index is -0.575. The zero-order chi connectivity index (χ0) is 21.6. The predicted octanol–water partition coefficient (Wildman–Crippen LogP) is 3.09. The molecule has 0 aliphatic carbocycles. The van der Waals surface area contributed by atoms with Crippen LogP contribution in [0.15, 0.2) is 6.07 Å². The SMILES string of the molecule is CCCc1cc2c(N3CCn4c(C)nnc4C3)nc(OCC3COC(C)(C)O3)nc2s1. The molecule has 166 valence electrons. The predicted molar refractivity (Wildman–Crippen MR) is 118 cm³/mol. The van der Waals surface area contributed by atoms with Crippen LogP contribution in [0.4, 0.5) is 5.82 Å². The first-order valence-corrected chi connectivity index (χ1v) is 11.6. The van der Waals surface area contributed by atoms with Crippen molar-refractivity contribution in [2.24, 2.45) is 0 Å². The van der Waals surface area contributed by atoms with Gasteiger partial charge in [-0.05, 0) is 33.3 Å². The third kappa shape index (κ3) is 4.11. The average Bonchev–Trinajstić information content (AvgIpc) is 3.42. The van der Waals surface area contributed by atoms with Crippen molar-refractivity contribution in [3.05, 3.63) is 22.6 Å². The van der Waals surface area contributed by atoms with Gasteiger partial charge in [0.2, 0.25) is 0 Å². The number of aryl methyl sites for hydroxylation is 2. The van der Waals surface area contributed by atoms with Gasteiger partial charge in [0, 0.05) is 18.0 Å². The smallest absolute Gasteiger partial charge is 0.319 e. The summed E-state index contributed by atoms with van der Waals surface area (Å²) in [5.74, 6) is 2.23. The van der Waals surface area contributed by atoms with Gasteiger partial charge in [0.25, 0.3) is 0 Å². The van der Waals surface area contributed by atoms with Gasteiger partial charge in [0.15, 0.2) is 11.6 Å². The average molecular weight is 445 g/mol. The number of fused-ring (bicyclic) bond motifs is 2. The lowest BCUT2D eigenvalue weighted by atomic mass is 10.2. The molecule has 9 nitrogen and oxygen atoms in total. The van der Waals surface area contributed by atoms with E-state index < -0.39 is 5.79 Å². The lowest BCUT2D eigenvalue weighted by Gasteiger charge is -2.29. The summed E-state index contributed by atoms with van der Waals surface area (Å²) in [6.45, 7) is 11.2. The van der Waals surface area contributed by atoms with Crippen LogP contribution in [0.3, 0.4) is 0 Å². The van der Waals surface area contributed by atoms with Gasteiger partial charge in [-0.3, -0.25) is 0 Å². The zero-order valence-electron chi connectivity index (χ0n) is 18.4. The molecule has 0 saturated carbocycles. The highest BCUT2D eigenvalue weighted by Gasteiger charge is 2.33. The molecule has 1 atom stereocenters. The molecule has 3 aromatic heterocycles. The number of hydrogen-bond donors (Lipinski definition) is 0. The van der Waals surface area contributed by atoms with Gasteiger partial charge < -0.3 is 23.7 Å². The van der Waals surface area contributed by atoms with E-state index in [4.69, 9.17) is 24.2 Å². The Balaban J connectivity index is 1.44. The lowest BCUT2D eigenvalue weighted by Crippen LogP contribution is -2.35. The summed E-state index contributed by atoms with van der Waals surface area (Å²) in [6, 6.07) is 2.60. The van der Waals surface area contributed by atoms with Gasteiger partial charge in [-0.15, -0.1) is 21.5 Å². The van der Waals surface area contributed by atoms with Crippen molar-refractivity contribution < 1.29 is 14.2 Å². The maximum Gasteiger partial charge on any atom is 0.319 e. The van der Waals surface area contributed by atoms with E-state index >= 15 is 0 Å². The number of nitrogens with zero attached hydrogens (tertiary/aromatic N) is 6. The van der Waals surface area contributed by atoms with Gasteiger partial charge in [-0.1, -0.05) is 13.3 Å². The molecule has 0 aromatic carbocycles. The monoisotopic (exact) mass is 444 g/mol. The maximum absolute atomic E-state index is 5.99. The highest BCUT2D eigenvalue weighted by molar-refractivity contribution is 7.18. The number of ether oxygens (including phenoxy) is 3. The number of hydrogen-bond acceptors (Lipinski definition) is 9. The molecule has 5 rings (SSSR count). The highest BCUT2D eigenvalue weighted by Crippen LogP contribution is 2.35. The quantitative estimate of drug-likeness (QED) is 0.573. The van der Waals surface area contributed by atoms with Crippen LogP contribution in [0.2, 0.25) is 0 Å². The summed E-state index contributed by atoms with van der Waals surface area (Å²) in [7, 11) is 0. The number of aromatic nitrogens is 5. The maximum atomic E-state index is 5.99. The molecule has 0 bridgehead atoms. The largest absolute Gasteiger partial charge is 0.461 e. The molecule has 0 spiro atoms. The van der Waals surface area contributed by atoms with Gasteiger partial charge in [0.1, 0.15) is 29.2 Å². The van der Waals surface area contributed by atoms with Crippen molar-refractivity contribution in [2.45, 2.75) is 65.5 Å². The topological polar surface area (TPSA) is 87.4 Å². The molecule has 31 heavy (non-hydrogen) atoms. The number of rotatable bonds is 6. The molecule has 0 amide bonds. The van der Waals surface area contributed by atoms with Crippen molar-refractivity contribution >= 4 is 27.4 Å². The Kier molecular flexibility index (Phi) is 5.31. The Morgan fingerprint density at radius 1 is 1.26 bits per heavy atom. The molecular weight excluding hydrogens is 416 g/mol. The summed E-state index contributed by atoms with van der Waals surface area (Å²) in [6.07, 6.45) is 2.00. The Hall–Kier alpha value is -2.30. The first-order chi connectivity index (χ1) is 14.9. The second kappa shape index (κ2) is 7.99. The normalized spacial score (nSPS) is 20.4. The summed E-state index contributed by atoms with van der Waals surface area (Å²) < 4.78 is 19.6.